The molecule has 0 bridgehead atoms. The fourth-order valence-corrected chi connectivity index (χ4v) is 2.89. The Hall–Kier alpha value is -2.07. The molecule has 3 rings (SSSR count). The smallest absolute Gasteiger partial charge is 0.277 e. The number of aromatic nitrogens is 2. The second kappa shape index (κ2) is 6.14. The van der Waals surface area contributed by atoms with Crippen LogP contribution in [0.2, 0.25) is 0 Å². The normalized spacial score (nSPS) is 10.8. The van der Waals surface area contributed by atoms with Crippen molar-refractivity contribution >= 4 is 11.8 Å². The molecule has 0 saturated carbocycles. The van der Waals surface area contributed by atoms with Crippen molar-refractivity contribution in [3.63, 3.8) is 0 Å². The fourth-order valence-electron chi connectivity index (χ4n) is 2.06. The van der Waals surface area contributed by atoms with Gasteiger partial charge >= 0.3 is 0 Å². The van der Waals surface area contributed by atoms with E-state index in [-0.39, 0.29) is 0 Å². The first-order valence-electron chi connectivity index (χ1n) is 6.80. The second-order valence-corrected chi connectivity index (χ2v) is 5.88. The molecule has 0 aliphatic heterocycles. The van der Waals surface area contributed by atoms with Gasteiger partial charge in [0.2, 0.25) is 5.89 Å². The van der Waals surface area contributed by atoms with Crippen LogP contribution in [0.5, 0.6) is 0 Å². The van der Waals surface area contributed by atoms with Gasteiger partial charge in [0.25, 0.3) is 5.22 Å². The van der Waals surface area contributed by atoms with Gasteiger partial charge in [0.1, 0.15) is 0 Å². The van der Waals surface area contributed by atoms with E-state index < -0.39 is 0 Å². The van der Waals surface area contributed by atoms with Crippen LogP contribution >= 0.6 is 11.8 Å². The average molecular weight is 296 g/mol. The van der Waals surface area contributed by atoms with Crippen LogP contribution in [-0.4, -0.2) is 10.2 Å². The van der Waals surface area contributed by atoms with E-state index >= 15 is 0 Å². The van der Waals surface area contributed by atoms with Crippen LogP contribution in [0.3, 0.4) is 0 Å². The zero-order valence-electron chi connectivity index (χ0n) is 12.0. The number of thioether (sulfide) groups is 1. The number of nitrogens with zero attached hydrogens (tertiary/aromatic N) is 2. The van der Waals surface area contributed by atoms with Crippen LogP contribution in [0.25, 0.3) is 11.5 Å². The molecule has 0 aliphatic rings. The van der Waals surface area contributed by atoms with E-state index in [9.17, 15) is 0 Å². The number of aryl methyl sites for hydroxylation is 2. The molecule has 106 valence electrons. The molecule has 0 spiro atoms. The zero-order chi connectivity index (χ0) is 14.7. The summed E-state index contributed by atoms with van der Waals surface area (Å²) in [6, 6.07) is 16.3. The van der Waals surface area contributed by atoms with Gasteiger partial charge in [-0.15, -0.1) is 10.2 Å². The first-order chi connectivity index (χ1) is 10.2. The Morgan fingerprint density at radius 1 is 1.00 bits per heavy atom. The van der Waals surface area contributed by atoms with Crippen LogP contribution in [0.15, 0.2) is 58.2 Å². The van der Waals surface area contributed by atoms with E-state index in [0.29, 0.717) is 11.1 Å². The summed E-state index contributed by atoms with van der Waals surface area (Å²) in [6.45, 7) is 4.23. The molecule has 1 heterocycles. The van der Waals surface area contributed by atoms with E-state index in [1.807, 2.05) is 30.3 Å². The summed E-state index contributed by atoms with van der Waals surface area (Å²) in [5.41, 5.74) is 4.81. The molecule has 0 N–H and O–H groups in total. The summed E-state index contributed by atoms with van der Waals surface area (Å²) < 4.78 is 5.70. The molecule has 0 unspecified atom stereocenters. The maximum Gasteiger partial charge on any atom is 0.277 e. The summed E-state index contributed by atoms with van der Waals surface area (Å²) in [6.07, 6.45) is 0. The van der Waals surface area contributed by atoms with Crippen molar-refractivity contribution in [1.29, 1.82) is 0 Å². The highest BCUT2D eigenvalue weighted by Gasteiger charge is 2.09. The number of hydrogen-bond acceptors (Lipinski definition) is 4. The van der Waals surface area contributed by atoms with Crippen molar-refractivity contribution < 1.29 is 4.42 Å². The molecule has 2 aromatic carbocycles. The van der Waals surface area contributed by atoms with Gasteiger partial charge in [-0.25, -0.2) is 0 Å². The Morgan fingerprint density at radius 2 is 1.81 bits per heavy atom. The van der Waals surface area contributed by atoms with Crippen LogP contribution in [0.4, 0.5) is 0 Å². The van der Waals surface area contributed by atoms with Crippen LogP contribution in [-0.2, 0) is 5.75 Å². The minimum Gasteiger partial charge on any atom is -0.411 e. The van der Waals surface area contributed by atoms with E-state index in [1.54, 1.807) is 11.8 Å². The lowest BCUT2D eigenvalue weighted by atomic mass is 10.1. The Kier molecular flexibility index (Phi) is 4.06. The van der Waals surface area contributed by atoms with Gasteiger partial charge in [-0.2, -0.15) is 0 Å². The van der Waals surface area contributed by atoms with Gasteiger partial charge in [-0.1, -0.05) is 53.7 Å². The van der Waals surface area contributed by atoms with Crippen molar-refractivity contribution in [2.45, 2.75) is 24.8 Å². The first kappa shape index (κ1) is 13.9. The van der Waals surface area contributed by atoms with Crippen molar-refractivity contribution in [3.05, 3.63) is 65.2 Å². The molecule has 3 nitrogen and oxygen atoms in total. The molecular weight excluding hydrogens is 280 g/mol. The van der Waals surface area contributed by atoms with Gasteiger partial charge in [0.15, 0.2) is 0 Å². The lowest BCUT2D eigenvalue weighted by Gasteiger charge is -2.04. The zero-order valence-corrected chi connectivity index (χ0v) is 12.9. The lowest BCUT2D eigenvalue weighted by molar-refractivity contribution is 0.466. The minimum absolute atomic E-state index is 0.569. The number of benzene rings is 2. The number of rotatable bonds is 4. The van der Waals surface area contributed by atoms with Crippen molar-refractivity contribution in [2.24, 2.45) is 0 Å². The van der Waals surface area contributed by atoms with Crippen molar-refractivity contribution in [1.82, 2.24) is 10.2 Å². The molecule has 0 saturated heterocycles. The quantitative estimate of drug-likeness (QED) is 0.657. The van der Waals surface area contributed by atoms with Crippen LogP contribution in [0.1, 0.15) is 16.7 Å². The van der Waals surface area contributed by atoms with E-state index in [0.717, 1.165) is 11.3 Å². The molecule has 0 atom stereocenters. The molecule has 1 aromatic heterocycles. The standard InChI is InChI=1S/C17H16N2OS/c1-12-8-9-13(2)15(10-12)11-21-17-19-18-16(20-17)14-6-4-3-5-7-14/h3-10H,11H2,1-2H3. The maximum absolute atomic E-state index is 5.70. The Balaban J connectivity index is 1.72. The highest BCUT2D eigenvalue weighted by atomic mass is 32.2. The molecule has 4 heteroatoms. The van der Waals surface area contributed by atoms with Gasteiger partial charge in [0, 0.05) is 11.3 Å². The SMILES string of the molecule is Cc1ccc(C)c(CSc2nnc(-c3ccccc3)o2)c1. The van der Waals surface area contributed by atoms with Gasteiger partial charge < -0.3 is 4.42 Å². The summed E-state index contributed by atoms with van der Waals surface area (Å²) in [5.74, 6) is 1.41. The molecule has 0 amide bonds. The van der Waals surface area contributed by atoms with Crippen molar-refractivity contribution in [3.8, 4) is 11.5 Å². The third-order valence-corrected chi connectivity index (χ3v) is 4.15. The van der Waals surface area contributed by atoms with Gasteiger partial charge in [0.05, 0.1) is 0 Å². The molecule has 3 aromatic rings. The van der Waals surface area contributed by atoms with Crippen molar-refractivity contribution in [2.75, 3.05) is 0 Å². The predicted octanol–water partition coefficient (Wildman–Crippen LogP) is 4.65. The third kappa shape index (κ3) is 3.34. The summed E-state index contributed by atoms with van der Waals surface area (Å²) >= 11 is 1.57. The second-order valence-electron chi connectivity index (χ2n) is 4.96. The largest absolute Gasteiger partial charge is 0.411 e. The lowest BCUT2D eigenvalue weighted by Crippen LogP contribution is -1.87. The Bertz CT molecular complexity index is 738. The molecule has 0 radical (unpaired) electrons. The van der Waals surface area contributed by atoms with E-state index in [1.165, 1.54) is 16.7 Å². The highest BCUT2D eigenvalue weighted by molar-refractivity contribution is 7.98. The predicted molar refractivity (Wildman–Crippen MR) is 85.2 cm³/mol. The first-order valence-corrected chi connectivity index (χ1v) is 7.79. The van der Waals surface area contributed by atoms with Crippen LogP contribution in [0, 0.1) is 13.8 Å². The Morgan fingerprint density at radius 3 is 2.62 bits per heavy atom. The highest BCUT2D eigenvalue weighted by Crippen LogP contribution is 2.26. The average Bonchev–Trinajstić information content (AvgIpc) is 2.98. The molecule has 0 fully saturated rings. The number of hydrogen-bond donors (Lipinski definition) is 0. The van der Waals surface area contributed by atoms with Gasteiger partial charge in [-0.3, -0.25) is 0 Å². The molecular formula is C17H16N2OS. The molecule has 21 heavy (non-hydrogen) atoms. The Labute approximate surface area is 128 Å². The monoisotopic (exact) mass is 296 g/mol. The van der Waals surface area contributed by atoms with E-state index in [2.05, 4.69) is 42.2 Å². The van der Waals surface area contributed by atoms with E-state index in [4.69, 9.17) is 4.42 Å². The van der Waals surface area contributed by atoms with Crippen LogP contribution < -0.4 is 0 Å². The summed E-state index contributed by atoms with van der Waals surface area (Å²) in [7, 11) is 0. The van der Waals surface area contributed by atoms with Gasteiger partial charge in [-0.05, 0) is 37.1 Å². The third-order valence-electron chi connectivity index (χ3n) is 3.28. The molecule has 0 aliphatic carbocycles. The fraction of sp³-hybridized carbons (Fsp3) is 0.176. The summed E-state index contributed by atoms with van der Waals surface area (Å²) in [5, 5.41) is 8.81. The minimum atomic E-state index is 0.569. The summed E-state index contributed by atoms with van der Waals surface area (Å²) in [4.78, 5) is 0. The maximum atomic E-state index is 5.70. The topological polar surface area (TPSA) is 38.9 Å².